The molecule has 0 aromatic heterocycles. The lowest BCUT2D eigenvalue weighted by molar-refractivity contribution is -0.148. The molecule has 0 amide bonds. The molecule has 1 aliphatic carbocycles. The highest BCUT2D eigenvalue weighted by Crippen LogP contribution is 2.38. The lowest BCUT2D eigenvalue weighted by atomic mass is 9.81. The predicted octanol–water partition coefficient (Wildman–Crippen LogP) is 2.06. The van der Waals surface area contributed by atoms with E-state index in [0.717, 1.165) is 12.0 Å². The molecule has 144 valence electrons. The van der Waals surface area contributed by atoms with Gasteiger partial charge in [-0.05, 0) is 44.6 Å². The number of aliphatic hydroxyl groups is 2. The van der Waals surface area contributed by atoms with Crippen LogP contribution in [0.2, 0.25) is 0 Å². The van der Waals surface area contributed by atoms with Gasteiger partial charge < -0.3 is 19.7 Å². The molecule has 0 spiro atoms. The van der Waals surface area contributed by atoms with E-state index in [0.29, 0.717) is 24.8 Å². The normalized spacial score (nSPS) is 30.3. The smallest absolute Gasteiger partial charge is 0.334 e. The van der Waals surface area contributed by atoms with Gasteiger partial charge in [-0.2, -0.15) is 0 Å². The molecule has 6 heteroatoms. The molecule has 0 saturated carbocycles. The van der Waals surface area contributed by atoms with E-state index in [9.17, 15) is 19.8 Å². The van der Waals surface area contributed by atoms with Gasteiger partial charge in [0.2, 0.25) is 0 Å². The number of ether oxygens (including phenoxy) is 2. The monoisotopic (exact) mass is 364 g/mol. The summed E-state index contributed by atoms with van der Waals surface area (Å²) in [5, 5.41) is 19.3. The third-order valence-electron chi connectivity index (χ3n) is 5.24. The maximum Gasteiger partial charge on any atom is 0.334 e. The molecule has 26 heavy (non-hydrogen) atoms. The van der Waals surface area contributed by atoms with E-state index in [-0.39, 0.29) is 24.7 Å². The van der Waals surface area contributed by atoms with Crippen LogP contribution in [0.15, 0.2) is 35.5 Å². The Morgan fingerprint density at radius 3 is 2.81 bits per heavy atom. The number of allylic oxidation sites excluding steroid dienone is 2. The molecule has 2 aliphatic rings. The minimum Gasteiger partial charge on any atom is -0.458 e. The highest BCUT2D eigenvalue weighted by molar-refractivity contribution is 5.91. The Kier molecular flexibility index (Phi) is 7.17. The standard InChI is InChI=1S/C20H28O6/c1-4-12(2)19(23)25-16-8-14(10-21)6-5-7-15(11-22)9-17-18(16)13(3)20(24)26-17/h4,6,15-18,21-22H,3,5,7-11H2,1-2H3/t15-,16-,17-,18-/m1/s1. The molecule has 0 radical (unpaired) electrons. The Labute approximate surface area is 154 Å². The van der Waals surface area contributed by atoms with E-state index < -0.39 is 30.1 Å². The largest absolute Gasteiger partial charge is 0.458 e. The van der Waals surface area contributed by atoms with E-state index in [1.807, 2.05) is 6.08 Å². The number of carbonyl (C=O) groups excluding carboxylic acids is 2. The van der Waals surface area contributed by atoms with Gasteiger partial charge in [-0.25, -0.2) is 9.59 Å². The van der Waals surface area contributed by atoms with Crippen molar-refractivity contribution in [2.24, 2.45) is 11.8 Å². The van der Waals surface area contributed by atoms with Gasteiger partial charge in [0.1, 0.15) is 12.2 Å². The number of esters is 2. The zero-order valence-corrected chi connectivity index (χ0v) is 15.4. The Bertz CT molecular complexity index is 618. The lowest BCUT2D eigenvalue weighted by Gasteiger charge is -2.30. The van der Waals surface area contributed by atoms with Crippen LogP contribution < -0.4 is 0 Å². The van der Waals surface area contributed by atoms with Gasteiger partial charge >= 0.3 is 11.9 Å². The number of rotatable bonds is 4. The van der Waals surface area contributed by atoms with Gasteiger partial charge in [0, 0.05) is 24.2 Å². The summed E-state index contributed by atoms with van der Waals surface area (Å²) in [5.41, 5.74) is 1.49. The van der Waals surface area contributed by atoms with Crippen molar-refractivity contribution in [3.63, 3.8) is 0 Å². The lowest BCUT2D eigenvalue weighted by Crippen LogP contribution is -2.36. The molecule has 1 heterocycles. The Morgan fingerprint density at radius 2 is 2.19 bits per heavy atom. The molecule has 1 fully saturated rings. The highest BCUT2D eigenvalue weighted by atomic mass is 16.6. The van der Waals surface area contributed by atoms with Gasteiger partial charge in [-0.15, -0.1) is 0 Å². The fourth-order valence-electron chi connectivity index (χ4n) is 3.50. The van der Waals surface area contributed by atoms with Crippen LogP contribution in [0.3, 0.4) is 0 Å². The first-order valence-electron chi connectivity index (χ1n) is 9.04. The van der Waals surface area contributed by atoms with Gasteiger partial charge in [-0.1, -0.05) is 18.7 Å². The van der Waals surface area contributed by atoms with Crippen molar-refractivity contribution in [3.05, 3.63) is 35.5 Å². The SMILES string of the molecule is C=C1C(=O)O[C@@H]2C[C@H](CO)CCC=C(CO)C[C@@H](OC(=O)C(C)=CC)[C@@H]12. The first-order chi connectivity index (χ1) is 12.4. The topological polar surface area (TPSA) is 93.1 Å². The van der Waals surface area contributed by atoms with Crippen LogP contribution >= 0.6 is 0 Å². The first kappa shape index (κ1) is 20.4. The minimum absolute atomic E-state index is 0.0162. The van der Waals surface area contributed by atoms with Crippen LogP contribution in [0.5, 0.6) is 0 Å². The zero-order chi connectivity index (χ0) is 19.3. The average molecular weight is 364 g/mol. The molecule has 1 saturated heterocycles. The molecule has 2 rings (SSSR count). The summed E-state index contributed by atoms with van der Waals surface area (Å²) in [5.74, 6) is -1.48. The average Bonchev–Trinajstić information content (AvgIpc) is 2.91. The quantitative estimate of drug-likeness (QED) is 0.451. The highest BCUT2D eigenvalue weighted by Gasteiger charge is 2.46. The molecule has 0 aromatic rings. The van der Waals surface area contributed by atoms with Gasteiger partial charge in [0.15, 0.2) is 0 Å². The van der Waals surface area contributed by atoms with Crippen LogP contribution in [0.1, 0.15) is 39.5 Å². The van der Waals surface area contributed by atoms with Crippen molar-refractivity contribution in [1.82, 2.24) is 0 Å². The van der Waals surface area contributed by atoms with E-state index in [1.54, 1.807) is 19.9 Å². The molecule has 0 aromatic carbocycles. The molecule has 0 unspecified atom stereocenters. The number of fused-ring (bicyclic) bond motifs is 1. The van der Waals surface area contributed by atoms with Crippen molar-refractivity contribution < 1.29 is 29.3 Å². The summed E-state index contributed by atoms with van der Waals surface area (Å²) in [6, 6.07) is 0. The minimum atomic E-state index is -0.655. The van der Waals surface area contributed by atoms with Crippen molar-refractivity contribution in [2.45, 2.75) is 51.7 Å². The Balaban J connectivity index is 2.37. The maximum absolute atomic E-state index is 12.3. The van der Waals surface area contributed by atoms with Crippen LogP contribution in [0, 0.1) is 11.8 Å². The maximum atomic E-state index is 12.3. The zero-order valence-electron chi connectivity index (χ0n) is 15.4. The Morgan fingerprint density at radius 1 is 1.46 bits per heavy atom. The van der Waals surface area contributed by atoms with Crippen LogP contribution in [-0.4, -0.2) is 47.6 Å². The summed E-state index contributed by atoms with van der Waals surface area (Å²) in [6.07, 6.45) is 4.68. The van der Waals surface area contributed by atoms with Crippen molar-refractivity contribution in [3.8, 4) is 0 Å². The second-order valence-electron chi connectivity index (χ2n) is 7.00. The summed E-state index contributed by atoms with van der Waals surface area (Å²) in [6.45, 7) is 7.09. The molecular weight excluding hydrogens is 336 g/mol. The molecule has 4 atom stereocenters. The fourth-order valence-corrected chi connectivity index (χ4v) is 3.50. The van der Waals surface area contributed by atoms with Gasteiger partial charge in [0.25, 0.3) is 0 Å². The van der Waals surface area contributed by atoms with Gasteiger partial charge in [0.05, 0.1) is 12.5 Å². The van der Waals surface area contributed by atoms with Crippen molar-refractivity contribution >= 4 is 11.9 Å². The predicted molar refractivity (Wildman–Crippen MR) is 96.0 cm³/mol. The van der Waals surface area contributed by atoms with Crippen molar-refractivity contribution in [2.75, 3.05) is 13.2 Å². The van der Waals surface area contributed by atoms with Gasteiger partial charge in [-0.3, -0.25) is 0 Å². The third-order valence-corrected chi connectivity index (χ3v) is 5.24. The summed E-state index contributed by atoms with van der Waals surface area (Å²) < 4.78 is 11.2. The number of hydrogen-bond acceptors (Lipinski definition) is 6. The molecule has 2 N–H and O–H groups in total. The second-order valence-corrected chi connectivity index (χ2v) is 7.00. The molecule has 0 bridgehead atoms. The summed E-state index contributed by atoms with van der Waals surface area (Å²) in [4.78, 5) is 24.4. The number of aliphatic hydroxyl groups excluding tert-OH is 2. The molecular formula is C20H28O6. The fraction of sp³-hybridized carbons (Fsp3) is 0.600. The third kappa shape index (κ3) is 4.62. The number of carbonyl (C=O) groups is 2. The number of hydrogen-bond donors (Lipinski definition) is 2. The van der Waals surface area contributed by atoms with Crippen LogP contribution in [0.4, 0.5) is 0 Å². The first-order valence-corrected chi connectivity index (χ1v) is 9.04. The van der Waals surface area contributed by atoms with Crippen LogP contribution in [0.25, 0.3) is 0 Å². The van der Waals surface area contributed by atoms with Crippen LogP contribution in [-0.2, 0) is 19.1 Å². The second kappa shape index (κ2) is 9.14. The van der Waals surface area contributed by atoms with E-state index in [1.165, 1.54) is 0 Å². The molecule has 1 aliphatic heterocycles. The Hall–Kier alpha value is -1.92. The van der Waals surface area contributed by atoms with E-state index in [2.05, 4.69) is 6.58 Å². The summed E-state index contributed by atoms with van der Waals surface area (Å²) >= 11 is 0. The summed E-state index contributed by atoms with van der Waals surface area (Å²) in [7, 11) is 0. The van der Waals surface area contributed by atoms with E-state index in [4.69, 9.17) is 9.47 Å². The van der Waals surface area contributed by atoms with Crippen molar-refractivity contribution in [1.29, 1.82) is 0 Å². The van der Waals surface area contributed by atoms with E-state index >= 15 is 0 Å². The molecule has 6 nitrogen and oxygen atoms in total.